The molecule has 0 unspecified atom stereocenters. The van der Waals surface area contributed by atoms with E-state index in [-0.39, 0.29) is 6.10 Å². The Labute approximate surface area is 107 Å². The molecule has 1 aromatic rings. The summed E-state index contributed by atoms with van der Waals surface area (Å²) in [6, 6.07) is 5.28. The van der Waals surface area contributed by atoms with Crippen LogP contribution in [0.2, 0.25) is 5.02 Å². The number of aldehydes is 1. The van der Waals surface area contributed by atoms with Crippen molar-refractivity contribution in [2.45, 2.75) is 20.0 Å². The fraction of sp³-hybridized carbons (Fsp3) is 0.462. The number of likely N-dealkylation sites (N-methyl/N-ethyl adjacent to an activating group) is 1. The van der Waals surface area contributed by atoms with Gasteiger partial charge in [-0.1, -0.05) is 11.6 Å². The summed E-state index contributed by atoms with van der Waals surface area (Å²) in [6.45, 7) is 5.43. The first-order chi connectivity index (χ1) is 8.04. The molecular weight excluding hydrogens is 238 g/mol. The van der Waals surface area contributed by atoms with Crippen molar-refractivity contribution in [1.29, 1.82) is 0 Å². The topological polar surface area (TPSA) is 29.5 Å². The minimum absolute atomic E-state index is 0.233. The van der Waals surface area contributed by atoms with E-state index >= 15 is 0 Å². The van der Waals surface area contributed by atoms with Gasteiger partial charge in [-0.2, -0.15) is 0 Å². The van der Waals surface area contributed by atoms with Crippen molar-refractivity contribution in [3.05, 3.63) is 28.8 Å². The highest BCUT2D eigenvalue weighted by Gasteiger charge is 2.07. The summed E-state index contributed by atoms with van der Waals surface area (Å²) in [7, 11) is 1.95. The van der Waals surface area contributed by atoms with Crippen molar-refractivity contribution in [2.24, 2.45) is 0 Å². The van der Waals surface area contributed by atoms with Crippen LogP contribution in [0.3, 0.4) is 0 Å². The Hall–Kier alpha value is -1.06. The summed E-state index contributed by atoms with van der Waals surface area (Å²) in [5.74, 6) is 0. The van der Waals surface area contributed by atoms with Gasteiger partial charge in [0, 0.05) is 19.2 Å². The zero-order valence-corrected chi connectivity index (χ0v) is 11.2. The Balaban J connectivity index is 2.62. The number of carbonyl (C=O) groups excluding carboxylic acids is 1. The van der Waals surface area contributed by atoms with Crippen LogP contribution in [0, 0.1) is 0 Å². The second kappa shape index (κ2) is 6.62. The molecule has 94 valence electrons. The van der Waals surface area contributed by atoms with E-state index in [0.717, 1.165) is 18.5 Å². The SMILES string of the molecule is CC(C)OCCN(C)c1ccc(C=O)cc1Cl. The highest BCUT2D eigenvalue weighted by atomic mass is 35.5. The van der Waals surface area contributed by atoms with Crippen molar-refractivity contribution in [3.63, 3.8) is 0 Å². The lowest BCUT2D eigenvalue weighted by Crippen LogP contribution is -2.24. The molecule has 0 amide bonds. The lowest BCUT2D eigenvalue weighted by Gasteiger charge is -2.21. The van der Waals surface area contributed by atoms with Crippen LogP contribution >= 0.6 is 11.6 Å². The molecule has 0 aromatic heterocycles. The van der Waals surface area contributed by atoms with Crippen molar-refractivity contribution in [1.82, 2.24) is 0 Å². The fourth-order valence-electron chi connectivity index (χ4n) is 1.45. The monoisotopic (exact) mass is 255 g/mol. The number of benzene rings is 1. The third-order valence-corrected chi connectivity index (χ3v) is 2.70. The molecule has 0 radical (unpaired) electrons. The molecule has 1 rings (SSSR count). The summed E-state index contributed by atoms with van der Waals surface area (Å²) >= 11 is 6.10. The van der Waals surface area contributed by atoms with Crippen LogP contribution in [0.4, 0.5) is 5.69 Å². The highest BCUT2D eigenvalue weighted by Crippen LogP contribution is 2.25. The summed E-state index contributed by atoms with van der Waals surface area (Å²) in [5, 5.41) is 0.585. The molecule has 0 fully saturated rings. The van der Waals surface area contributed by atoms with Gasteiger partial charge in [-0.15, -0.1) is 0 Å². The summed E-state index contributed by atoms with van der Waals surface area (Å²) in [6.07, 6.45) is 1.02. The Bertz CT molecular complexity index is 380. The molecule has 0 heterocycles. The van der Waals surface area contributed by atoms with Crippen molar-refractivity contribution < 1.29 is 9.53 Å². The van der Waals surface area contributed by atoms with E-state index in [0.29, 0.717) is 17.2 Å². The number of ether oxygens (including phenoxy) is 1. The number of anilines is 1. The number of halogens is 1. The third-order valence-electron chi connectivity index (χ3n) is 2.40. The van der Waals surface area contributed by atoms with Gasteiger partial charge in [0.25, 0.3) is 0 Å². The molecule has 4 heteroatoms. The first kappa shape index (κ1) is 14.0. The van der Waals surface area contributed by atoms with Crippen LogP contribution in [0.1, 0.15) is 24.2 Å². The molecule has 0 saturated carbocycles. The number of carbonyl (C=O) groups is 1. The van der Waals surface area contributed by atoms with E-state index in [1.54, 1.807) is 12.1 Å². The van der Waals surface area contributed by atoms with Crippen LogP contribution < -0.4 is 4.90 Å². The van der Waals surface area contributed by atoms with Crippen molar-refractivity contribution in [2.75, 3.05) is 25.1 Å². The molecule has 17 heavy (non-hydrogen) atoms. The second-order valence-corrected chi connectivity index (χ2v) is 4.58. The number of rotatable bonds is 6. The van der Waals surface area contributed by atoms with Gasteiger partial charge in [-0.3, -0.25) is 4.79 Å². The van der Waals surface area contributed by atoms with Crippen LogP contribution in [0.5, 0.6) is 0 Å². The van der Waals surface area contributed by atoms with Gasteiger partial charge in [0.15, 0.2) is 0 Å². The molecule has 1 aromatic carbocycles. The molecule has 0 atom stereocenters. The minimum atomic E-state index is 0.233. The van der Waals surface area contributed by atoms with Crippen LogP contribution in [-0.4, -0.2) is 32.6 Å². The summed E-state index contributed by atoms with van der Waals surface area (Å²) in [5.41, 5.74) is 1.50. The van der Waals surface area contributed by atoms with Gasteiger partial charge < -0.3 is 9.64 Å². The molecule has 0 bridgehead atoms. The largest absolute Gasteiger partial charge is 0.377 e. The molecule has 0 aliphatic rings. The molecule has 0 aliphatic carbocycles. The summed E-state index contributed by atoms with van der Waals surface area (Å²) in [4.78, 5) is 12.6. The molecule has 0 saturated heterocycles. The van der Waals surface area contributed by atoms with Crippen LogP contribution in [0.25, 0.3) is 0 Å². The average molecular weight is 256 g/mol. The predicted molar refractivity (Wildman–Crippen MR) is 71.2 cm³/mol. The van der Waals surface area contributed by atoms with Gasteiger partial charge >= 0.3 is 0 Å². The van der Waals surface area contributed by atoms with E-state index in [9.17, 15) is 4.79 Å². The summed E-state index contributed by atoms with van der Waals surface area (Å²) < 4.78 is 5.48. The van der Waals surface area contributed by atoms with E-state index in [1.807, 2.05) is 31.9 Å². The molecule has 0 N–H and O–H groups in total. The standard InChI is InChI=1S/C13H18ClNO2/c1-10(2)17-7-6-15(3)13-5-4-11(9-16)8-12(13)14/h4-5,8-10H,6-7H2,1-3H3. The third kappa shape index (κ3) is 4.36. The predicted octanol–water partition coefficient (Wildman–Crippen LogP) is 3.01. The van der Waals surface area contributed by atoms with E-state index in [4.69, 9.17) is 16.3 Å². The van der Waals surface area contributed by atoms with Crippen molar-refractivity contribution in [3.8, 4) is 0 Å². The van der Waals surface area contributed by atoms with E-state index in [2.05, 4.69) is 0 Å². The molecule has 0 aliphatic heterocycles. The zero-order valence-electron chi connectivity index (χ0n) is 10.4. The van der Waals surface area contributed by atoms with Gasteiger partial charge in [-0.05, 0) is 32.0 Å². The van der Waals surface area contributed by atoms with E-state index in [1.165, 1.54) is 0 Å². The first-order valence-corrected chi connectivity index (χ1v) is 6.00. The molecular formula is C13H18ClNO2. The fourth-order valence-corrected chi connectivity index (χ4v) is 1.79. The Kier molecular flexibility index (Phi) is 5.45. The maximum absolute atomic E-state index is 10.6. The zero-order chi connectivity index (χ0) is 12.8. The second-order valence-electron chi connectivity index (χ2n) is 4.17. The van der Waals surface area contributed by atoms with Gasteiger partial charge in [-0.25, -0.2) is 0 Å². The van der Waals surface area contributed by atoms with Crippen molar-refractivity contribution >= 4 is 23.6 Å². The van der Waals surface area contributed by atoms with Crippen LogP contribution in [-0.2, 0) is 4.74 Å². The highest BCUT2D eigenvalue weighted by molar-refractivity contribution is 6.33. The number of hydrogen-bond acceptors (Lipinski definition) is 3. The lowest BCUT2D eigenvalue weighted by molar-refractivity contribution is 0.0846. The molecule has 0 spiro atoms. The van der Waals surface area contributed by atoms with Gasteiger partial charge in [0.05, 0.1) is 23.4 Å². The smallest absolute Gasteiger partial charge is 0.150 e. The average Bonchev–Trinajstić information content (AvgIpc) is 2.28. The first-order valence-electron chi connectivity index (χ1n) is 5.62. The molecule has 3 nitrogen and oxygen atoms in total. The maximum Gasteiger partial charge on any atom is 0.150 e. The minimum Gasteiger partial charge on any atom is -0.377 e. The Morgan fingerprint density at radius 1 is 1.47 bits per heavy atom. The lowest BCUT2D eigenvalue weighted by atomic mass is 10.2. The van der Waals surface area contributed by atoms with E-state index < -0.39 is 0 Å². The Morgan fingerprint density at radius 2 is 2.18 bits per heavy atom. The number of nitrogens with zero attached hydrogens (tertiary/aromatic N) is 1. The maximum atomic E-state index is 10.6. The normalized spacial score (nSPS) is 10.6. The number of hydrogen-bond donors (Lipinski definition) is 0. The van der Waals surface area contributed by atoms with Gasteiger partial charge in [0.2, 0.25) is 0 Å². The van der Waals surface area contributed by atoms with Crippen LogP contribution in [0.15, 0.2) is 18.2 Å². The van der Waals surface area contributed by atoms with Gasteiger partial charge in [0.1, 0.15) is 6.29 Å². The Morgan fingerprint density at radius 3 is 2.71 bits per heavy atom. The quantitative estimate of drug-likeness (QED) is 0.732.